The molecule has 0 radical (unpaired) electrons. The van der Waals surface area contributed by atoms with E-state index in [4.69, 9.17) is 4.74 Å². The quantitative estimate of drug-likeness (QED) is 0.552. The third kappa shape index (κ3) is 2.29. The zero-order valence-electron chi connectivity index (χ0n) is 9.00. The number of hydrogen-bond acceptors (Lipinski definition) is 3. The molecule has 0 aliphatic rings. The first kappa shape index (κ1) is 11.1. The molecule has 14 heavy (non-hydrogen) atoms. The molecule has 0 aromatic heterocycles. The van der Waals surface area contributed by atoms with Crippen LogP contribution in [0.3, 0.4) is 0 Å². The second kappa shape index (κ2) is 5.05. The molecule has 1 rings (SSSR count). The molecule has 0 amide bonds. The number of rotatable bonds is 2. The van der Waals surface area contributed by atoms with Crippen molar-refractivity contribution in [3.8, 4) is 5.75 Å². The summed E-state index contributed by atoms with van der Waals surface area (Å²) < 4.78 is 5.20. The van der Waals surface area contributed by atoms with Crippen molar-refractivity contribution in [2.45, 2.75) is 6.92 Å². The summed E-state index contributed by atoms with van der Waals surface area (Å²) in [5, 5.41) is 1.05. The van der Waals surface area contributed by atoms with E-state index in [0.717, 1.165) is 21.9 Å². The Morgan fingerprint density at radius 1 is 1.43 bits per heavy atom. The average Bonchev–Trinajstić information content (AvgIpc) is 2.20. The van der Waals surface area contributed by atoms with Crippen molar-refractivity contribution in [1.82, 2.24) is 0 Å². The van der Waals surface area contributed by atoms with Gasteiger partial charge in [-0.3, -0.25) is 4.99 Å². The molecule has 0 heterocycles. The molecule has 1 aromatic carbocycles. The molecular weight excluding hydrogens is 194 g/mol. The highest BCUT2D eigenvalue weighted by Crippen LogP contribution is 2.21. The number of methoxy groups -OCH3 is 1. The van der Waals surface area contributed by atoms with Gasteiger partial charge in [0.15, 0.2) is 0 Å². The summed E-state index contributed by atoms with van der Waals surface area (Å²) in [7, 11) is 3.50. The minimum atomic E-state index is 0.922. The first-order valence-electron chi connectivity index (χ1n) is 4.38. The van der Waals surface area contributed by atoms with Crippen molar-refractivity contribution in [2.75, 3.05) is 20.4 Å². The Balaban J connectivity index is 3.08. The Morgan fingerprint density at radius 2 is 2.14 bits per heavy atom. The number of ether oxygens (including phenoxy) is 1. The maximum Gasteiger partial charge on any atom is 0.121 e. The Kier molecular flexibility index (Phi) is 4.01. The third-order valence-corrected chi connectivity index (χ3v) is 2.84. The largest absolute Gasteiger partial charge is 0.496 e. The summed E-state index contributed by atoms with van der Waals surface area (Å²) in [6, 6.07) is 6.11. The van der Waals surface area contributed by atoms with Crippen LogP contribution in [0.4, 0.5) is 0 Å². The van der Waals surface area contributed by atoms with Crippen molar-refractivity contribution in [3.05, 3.63) is 29.3 Å². The minimum Gasteiger partial charge on any atom is -0.496 e. The molecule has 0 aliphatic carbocycles. The standard InChI is InChI=1S/C11H15NOS/c1-8-7-9(11(12-2)14-4)5-6-10(8)13-3/h5-7H,1-4H3. The van der Waals surface area contributed by atoms with Gasteiger partial charge in [0.05, 0.1) is 12.2 Å². The number of nitrogens with zero attached hydrogens (tertiary/aromatic N) is 1. The van der Waals surface area contributed by atoms with Gasteiger partial charge in [-0.2, -0.15) is 0 Å². The molecule has 0 saturated carbocycles. The summed E-state index contributed by atoms with van der Waals surface area (Å²) in [4.78, 5) is 4.21. The number of aliphatic imine (C=N–C) groups is 1. The molecule has 76 valence electrons. The molecule has 3 heteroatoms. The highest BCUT2D eigenvalue weighted by Gasteiger charge is 2.04. The van der Waals surface area contributed by atoms with E-state index in [1.165, 1.54) is 0 Å². The van der Waals surface area contributed by atoms with Crippen LogP contribution in [0.1, 0.15) is 11.1 Å². The Hall–Kier alpha value is -0.960. The van der Waals surface area contributed by atoms with Crippen molar-refractivity contribution >= 4 is 16.8 Å². The highest BCUT2D eigenvalue weighted by atomic mass is 32.2. The van der Waals surface area contributed by atoms with Gasteiger partial charge in [0, 0.05) is 12.6 Å². The summed E-state index contributed by atoms with van der Waals surface area (Å²) in [5.41, 5.74) is 2.29. The second-order valence-corrected chi connectivity index (χ2v) is 3.71. The fourth-order valence-corrected chi connectivity index (χ4v) is 1.89. The van der Waals surface area contributed by atoms with Crippen LogP contribution >= 0.6 is 11.8 Å². The van der Waals surface area contributed by atoms with Gasteiger partial charge in [0.25, 0.3) is 0 Å². The van der Waals surface area contributed by atoms with Crippen molar-refractivity contribution < 1.29 is 4.74 Å². The maximum absolute atomic E-state index is 5.20. The molecule has 0 saturated heterocycles. The number of hydrogen-bond donors (Lipinski definition) is 0. The van der Waals surface area contributed by atoms with Gasteiger partial charge in [0.2, 0.25) is 0 Å². The van der Waals surface area contributed by atoms with Crippen molar-refractivity contribution in [3.63, 3.8) is 0 Å². The molecule has 0 bridgehead atoms. The van der Waals surface area contributed by atoms with Crippen LogP contribution in [0.2, 0.25) is 0 Å². The van der Waals surface area contributed by atoms with Gasteiger partial charge in [0.1, 0.15) is 5.75 Å². The lowest BCUT2D eigenvalue weighted by atomic mass is 10.1. The number of aryl methyl sites for hydroxylation is 1. The molecule has 2 nitrogen and oxygen atoms in total. The Bertz CT molecular complexity index is 347. The van der Waals surface area contributed by atoms with Gasteiger partial charge in [-0.15, -0.1) is 11.8 Å². The second-order valence-electron chi connectivity index (χ2n) is 2.92. The van der Waals surface area contributed by atoms with Crippen LogP contribution in [-0.2, 0) is 0 Å². The van der Waals surface area contributed by atoms with Crippen LogP contribution in [0, 0.1) is 6.92 Å². The lowest BCUT2D eigenvalue weighted by Gasteiger charge is -2.07. The van der Waals surface area contributed by atoms with E-state index in [0.29, 0.717) is 0 Å². The molecule has 0 fully saturated rings. The zero-order valence-corrected chi connectivity index (χ0v) is 9.81. The average molecular weight is 209 g/mol. The highest BCUT2D eigenvalue weighted by molar-refractivity contribution is 8.13. The van der Waals surface area contributed by atoms with Gasteiger partial charge >= 0.3 is 0 Å². The molecule has 0 spiro atoms. The van der Waals surface area contributed by atoms with E-state index in [2.05, 4.69) is 11.1 Å². The first-order valence-corrected chi connectivity index (χ1v) is 5.61. The Morgan fingerprint density at radius 3 is 2.57 bits per heavy atom. The smallest absolute Gasteiger partial charge is 0.121 e. The zero-order chi connectivity index (χ0) is 10.6. The summed E-state index contributed by atoms with van der Waals surface area (Å²) in [5.74, 6) is 0.922. The SMILES string of the molecule is CN=C(SC)c1ccc(OC)c(C)c1. The van der Waals surface area contributed by atoms with E-state index >= 15 is 0 Å². The monoisotopic (exact) mass is 209 g/mol. The van der Waals surface area contributed by atoms with Crippen LogP contribution in [-0.4, -0.2) is 25.5 Å². The van der Waals surface area contributed by atoms with Gasteiger partial charge in [-0.1, -0.05) is 0 Å². The number of benzene rings is 1. The van der Waals surface area contributed by atoms with E-state index in [1.807, 2.05) is 32.4 Å². The van der Waals surface area contributed by atoms with Gasteiger partial charge in [-0.05, 0) is 36.9 Å². The molecule has 1 aromatic rings. The van der Waals surface area contributed by atoms with E-state index in [1.54, 1.807) is 18.9 Å². The lowest BCUT2D eigenvalue weighted by molar-refractivity contribution is 0.411. The normalized spacial score (nSPS) is 11.6. The van der Waals surface area contributed by atoms with Crippen LogP contribution in [0.15, 0.2) is 23.2 Å². The summed E-state index contributed by atoms with van der Waals surface area (Å²) >= 11 is 1.65. The lowest BCUT2D eigenvalue weighted by Crippen LogP contribution is -1.96. The first-order chi connectivity index (χ1) is 6.72. The summed E-state index contributed by atoms with van der Waals surface area (Å²) in [6.45, 7) is 2.04. The van der Waals surface area contributed by atoms with E-state index in [-0.39, 0.29) is 0 Å². The van der Waals surface area contributed by atoms with Gasteiger partial charge in [-0.25, -0.2) is 0 Å². The predicted octanol–water partition coefficient (Wildman–Crippen LogP) is 2.74. The summed E-state index contributed by atoms with van der Waals surface area (Å²) in [6.07, 6.45) is 2.03. The molecule has 0 unspecified atom stereocenters. The minimum absolute atomic E-state index is 0.922. The topological polar surface area (TPSA) is 21.6 Å². The number of thioether (sulfide) groups is 1. The molecule has 0 atom stereocenters. The Labute approximate surface area is 89.4 Å². The van der Waals surface area contributed by atoms with Crippen molar-refractivity contribution in [1.29, 1.82) is 0 Å². The van der Waals surface area contributed by atoms with E-state index < -0.39 is 0 Å². The third-order valence-electron chi connectivity index (χ3n) is 2.04. The van der Waals surface area contributed by atoms with Crippen molar-refractivity contribution in [2.24, 2.45) is 4.99 Å². The van der Waals surface area contributed by atoms with Crippen LogP contribution in [0.5, 0.6) is 5.75 Å². The predicted molar refractivity (Wildman–Crippen MR) is 63.7 cm³/mol. The van der Waals surface area contributed by atoms with Gasteiger partial charge < -0.3 is 4.74 Å². The van der Waals surface area contributed by atoms with E-state index in [9.17, 15) is 0 Å². The fourth-order valence-electron chi connectivity index (χ4n) is 1.35. The van der Waals surface area contributed by atoms with Crippen LogP contribution in [0.25, 0.3) is 0 Å². The molecule has 0 N–H and O–H groups in total. The fraction of sp³-hybridized carbons (Fsp3) is 0.364. The van der Waals surface area contributed by atoms with Crippen LogP contribution < -0.4 is 4.74 Å². The molecular formula is C11H15NOS. The maximum atomic E-state index is 5.20. The molecule has 0 aliphatic heterocycles.